The van der Waals surface area contributed by atoms with Crippen LogP contribution in [0.2, 0.25) is 0 Å². The Hall–Kier alpha value is -3.99. The summed E-state index contributed by atoms with van der Waals surface area (Å²) in [7, 11) is 0. The number of hydrogen-bond acceptors (Lipinski definition) is 8. The topological polar surface area (TPSA) is 92.0 Å². The second-order valence-corrected chi connectivity index (χ2v) is 10.1. The number of halogens is 1. The van der Waals surface area contributed by atoms with Crippen LogP contribution in [0.25, 0.3) is 0 Å². The molecule has 10 heteroatoms. The highest BCUT2D eigenvalue weighted by atomic mass is 79.9. The van der Waals surface area contributed by atoms with Crippen molar-refractivity contribution in [3.63, 3.8) is 0 Å². The molecular weight excluding hydrogens is 622 g/mol. The quantitative estimate of drug-likeness (QED) is 0.102. The summed E-state index contributed by atoms with van der Waals surface area (Å²) in [4.78, 5) is 40.2. The summed E-state index contributed by atoms with van der Waals surface area (Å²) in [5, 5.41) is 0. The molecule has 216 valence electrons. The van der Waals surface area contributed by atoms with Crippen molar-refractivity contribution >= 4 is 46.7 Å². The fourth-order valence-corrected chi connectivity index (χ4v) is 4.89. The fraction of sp³-hybridized carbons (Fsp3) is 0.188. The second kappa shape index (κ2) is 14.8. The predicted molar refractivity (Wildman–Crippen MR) is 161 cm³/mol. The van der Waals surface area contributed by atoms with E-state index in [1.807, 2.05) is 24.6 Å². The van der Waals surface area contributed by atoms with Gasteiger partial charge in [0, 0.05) is 6.07 Å². The number of pyridine rings is 1. The van der Waals surface area contributed by atoms with E-state index < -0.39 is 42.4 Å². The number of thioether (sulfide) groups is 1. The van der Waals surface area contributed by atoms with Gasteiger partial charge in [0.25, 0.3) is 0 Å². The average molecular weight is 652 g/mol. The third-order valence-electron chi connectivity index (χ3n) is 6.50. The Morgan fingerprint density at radius 1 is 0.714 bits per heavy atom. The van der Waals surface area contributed by atoms with E-state index in [1.54, 1.807) is 102 Å². The fourth-order valence-electron chi connectivity index (χ4n) is 4.45. The van der Waals surface area contributed by atoms with Crippen LogP contribution in [0, 0.1) is 0 Å². The minimum absolute atomic E-state index is 0. The average Bonchev–Trinajstić information content (AvgIpc) is 3.37. The van der Waals surface area contributed by atoms with Gasteiger partial charge in [-0.3, -0.25) is 0 Å². The van der Waals surface area contributed by atoms with Gasteiger partial charge >= 0.3 is 24.1 Å². The first-order valence-electron chi connectivity index (χ1n) is 13.0. The summed E-state index contributed by atoms with van der Waals surface area (Å²) in [6.45, 7) is -0.237. The molecule has 0 saturated carbocycles. The number of esters is 3. The van der Waals surface area contributed by atoms with Crippen LogP contribution in [0.4, 0.5) is 0 Å². The van der Waals surface area contributed by atoms with E-state index >= 15 is 0 Å². The maximum absolute atomic E-state index is 13.2. The van der Waals surface area contributed by atoms with E-state index in [9.17, 15) is 14.4 Å². The van der Waals surface area contributed by atoms with Gasteiger partial charge in [0.15, 0.2) is 18.5 Å². The highest BCUT2D eigenvalue weighted by Gasteiger charge is 2.55. The van der Waals surface area contributed by atoms with E-state index in [4.69, 9.17) is 18.9 Å². The summed E-state index contributed by atoms with van der Waals surface area (Å²) in [5.74, 6) is -1.78. The molecule has 1 fully saturated rings. The molecule has 1 aliphatic rings. The second-order valence-electron chi connectivity index (χ2n) is 9.19. The lowest BCUT2D eigenvalue weighted by atomic mass is 10.1. The molecule has 5 rings (SSSR count). The van der Waals surface area contributed by atoms with E-state index in [0.717, 1.165) is 4.90 Å². The van der Waals surface area contributed by atoms with Crippen molar-refractivity contribution in [3.05, 3.63) is 132 Å². The highest BCUT2D eigenvalue weighted by molar-refractivity contribution is 8.93. The number of carbonyl (C=O) groups is 3. The van der Waals surface area contributed by atoms with Gasteiger partial charge in [-0.25, -0.2) is 14.4 Å². The van der Waals surface area contributed by atoms with E-state index in [2.05, 4.69) is 0 Å². The summed E-state index contributed by atoms with van der Waals surface area (Å²) in [5.41, 5.74) is 1.02. The van der Waals surface area contributed by atoms with Crippen molar-refractivity contribution in [2.24, 2.45) is 0 Å². The molecule has 0 bridgehead atoms. The van der Waals surface area contributed by atoms with Gasteiger partial charge in [-0.15, -0.1) is 28.7 Å². The summed E-state index contributed by atoms with van der Waals surface area (Å²) < 4.78 is 25.7. The van der Waals surface area contributed by atoms with Crippen molar-refractivity contribution in [1.82, 2.24) is 0 Å². The smallest absolute Gasteiger partial charge is 0.338 e. The Labute approximate surface area is 258 Å². The molecule has 1 aliphatic heterocycles. The van der Waals surface area contributed by atoms with E-state index in [1.165, 1.54) is 11.8 Å². The van der Waals surface area contributed by atoms with Crippen molar-refractivity contribution in [2.45, 2.75) is 29.4 Å². The molecule has 0 N–H and O–H groups in total. The SMILES string of the molecule is Br.CSc1ccc[n+](C2OC(COC(=O)c3ccccc3)C(OC(=O)c3ccccc3)C2OC(=O)c2ccccc2)c1. The zero-order valence-electron chi connectivity index (χ0n) is 22.6. The van der Waals surface area contributed by atoms with Crippen LogP contribution in [-0.4, -0.2) is 49.1 Å². The van der Waals surface area contributed by atoms with Crippen LogP contribution in [-0.2, 0) is 18.9 Å². The minimum Gasteiger partial charge on any atom is -0.459 e. The van der Waals surface area contributed by atoms with Crippen molar-refractivity contribution < 1.29 is 37.9 Å². The van der Waals surface area contributed by atoms with Crippen molar-refractivity contribution in [3.8, 4) is 0 Å². The normalized spacial score (nSPS) is 19.3. The third kappa shape index (κ3) is 7.44. The molecule has 1 aromatic heterocycles. The molecule has 2 heterocycles. The predicted octanol–water partition coefficient (Wildman–Crippen LogP) is 5.48. The van der Waals surface area contributed by atoms with Gasteiger partial charge in [-0.05, 0) is 48.7 Å². The molecule has 0 aliphatic carbocycles. The van der Waals surface area contributed by atoms with Gasteiger partial charge in [0.05, 0.1) is 21.6 Å². The highest BCUT2D eigenvalue weighted by Crippen LogP contribution is 2.33. The lowest BCUT2D eigenvalue weighted by Crippen LogP contribution is -2.48. The zero-order valence-corrected chi connectivity index (χ0v) is 25.1. The van der Waals surface area contributed by atoms with Gasteiger partial charge in [-0.1, -0.05) is 54.6 Å². The van der Waals surface area contributed by atoms with Crippen LogP contribution in [0.5, 0.6) is 0 Å². The Morgan fingerprint density at radius 3 is 1.74 bits per heavy atom. The molecule has 4 atom stereocenters. The number of aromatic nitrogens is 1. The van der Waals surface area contributed by atoms with Crippen LogP contribution in [0.3, 0.4) is 0 Å². The largest absolute Gasteiger partial charge is 0.459 e. The van der Waals surface area contributed by atoms with Crippen LogP contribution < -0.4 is 4.57 Å². The molecule has 4 aromatic rings. The first kappa shape index (κ1) is 31.0. The van der Waals surface area contributed by atoms with Crippen LogP contribution in [0.1, 0.15) is 37.3 Å². The Bertz CT molecular complexity index is 1490. The molecule has 0 spiro atoms. The minimum atomic E-state index is -1.09. The molecular formula is C32H29BrNO7S+. The zero-order chi connectivity index (χ0) is 28.6. The standard InChI is InChI=1S/C32H28NO7S.BrH/c1-41-25-18-11-19-33(20-25)29-28(40-32(36)24-16-9-4-10-17-24)27(39-31(35)23-14-7-3-8-15-23)26(38-29)21-37-30(34)22-12-5-2-6-13-22;/h2-20,26-29H,21H2,1H3;1H/q+1;. The van der Waals surface area contributed by atoms with Gasteiger partial charge in [0.2, 0.25) is 6.10 Å². The maximum Gasteiger partial charge on any atom is 0.338 e. The van der Waals surface area contributed by atoms with Gasteiger partial charge in [0.1, 0.15) is 12.7 Å². The van der Waals surface area contributed by atoms with E-state index in [0.29, 0.717) is 16.7 Å². The Kier molecular flexibility index (Phi) is 10.9. The lowest BCUT2D eigenvalue weighted by Gasteiger charge is -2.23. The summed E-state index contributed by atoms with van der Waals surface area (Å²) >= 11 is 1.54. The number of ether oxygens (including phenoxy) is 4. The first-order valence-corrected chi connectivity index (χ1v) is 14.2. The maximum atomic E-state index is 13.2. The molecule has 4 unspecified atom stereocenters. The summed E-state index contributed by atoms with van der Waals surface area (Å²) in [6, 6.07) is 29.3. The Balaban J connectivity index is 0.00000405. The lowest BCUT2D eigenvalue weighted by molar-refractivity contribution is -0.766. The summed E-state index contributed by atoms with van der Waals surface area (Å²) in [6.07, 6.45) is 1.63. The first-order chi connectivity index (χ1) is 20.0. The number of benzene rings is 3. The third-order valence-corrected chi connectivity index (χ3v) is 7.22. The van der Waals surface area contributed by atoms with Crippen molar-refractivity contribution in [1.29, 1.82) is 0 Å². The van der Waals surface area contributed by atoms with E-state index in [-0.39, 0.29) is 23.6 Å². The number of hydrogen-bond donors (Lipinski definition) is 0. The molecule has 0 amide bonds. The monoisotopic (exact) mass is 650 g/mol. The number of carbonyl (C=O) groups excluding carboxylic acids is 3. The van der Waals surface area contributed by atoms with Gasteiger partial charge in [-0.2, -0.15) is 4.57 Å². The molecule has 8 nitrogen and oxygen atoms in total. The van der Waals surface area contributed by atoms with Crippen LogP contribution >= 0.6 is 28.7 Å². The number of nitrogens with zero attached hydrogens (tertiary/aromatic N) is 1. The molecule has 42 heavy (non-hydrogen) atoms. The number of rotatable bonds is 9. The van der Waals surface area contributed by atoms with Gasteiger partial charge < -0.3 is 18.9 Å². The molecule has 1 saturated heterocycles. The molecule has 0 radical (unpaired) electrons. The van der Waals surface area contributed by atoms with Crippen molar-refractivity contribution in [2.75, 3.05) is 12.9 Å². The van der Waals surface area contributed by atoms with Crippen LogP contribution in [0.15, 0.2) is 120 Å². The Morgan fingerprint density at radius 2 is 1.21 bits per heavy atom. The molecule has 3 aromatic carbocycles.